The fourth-order valence-electron chi connectivity index (χ4n) is 3.15. The minimum atomic E-state index is -0.398. The molecule has 0 saturated carbocycles. The molecular formula is C23H25ClN2O3. The van der Waals surface area contributed by atoms with Crippen LogP contribution in [0.15, 0.2) is 42.5 Å². The van der Waals surface area contributed by atoms with Gasteiger partial charge in [-0.2, -0.15) is 0 Å². The Morgan fingerprint density at radius 3 is 2.59 bits per heavy atom. The number of phenols is 1. The molecule has 0 aliphatic carbocycles. The number of nitrogens with one attached hydrogen (secondary N) is 1. The number of para-hydroxylation sites is 1. The average molecular weight is 413 g/mol. The van der Waals surface area contributed by atoms with Crippen LogP contribution < -0.4 is 10.1 Å². The molecule has 1 amide bonds. The van der Waals surface area contributed by atoms with Gasteiger partial charge in [-0.15, -0.1) is 0 Å². The van der Waals surface area contributed by atoms with Crippen LogP contribution in [0, 0.1) is 0 Å². The standard InChI is InChI=1S/C23H25ClN2O3/c1-13(16-11-19(29-5)18(27)12-17(16)24)25-22(28)15-8-6-7-14-9-10-20(23(2,3)4)26-21(14)15/h6-13,27H,1-5H3,(H,25,28). The van der Waals surface area contributed by atoms with Gasteiger partial charge < -0.3 is 15.2 Å². The van der Waals surface area contributed by atoms with Crippen LogP contribution in [0.4, 0.5) is 0 Å². The Morgan fingerprint density at radius 1 is 1.21 bits per heavy atom. The lowest BCUT2D eigenvalue weighted by molar-refractivity contribution is 0.0941. The van der Waals surface area contributed by atoms with E-state index in [-0.39, 0.29) is 17.1 Å². The predicted octanol–water partition coefficient (Wildman–Crippen LogP) is 5.39. The third-order valence-electron chi connectivity index (χ3n) is 4.85. The first-order valence-corrected chi connectivity index (χ1v) is 9.77. The number of phenolic OH excluding ortho intramolecular Hbond substituents is 1. The molecule has 152 valence electrons. The number of methoxy groups -OCH3 is 1. The second-order valence-electron chi connectivity index (χ2n) is 8.06. The zero-order chi connectivity index (χ0) is 21.3. The second kappa shape index (κ2) is 7.91. The van der Waals surface area contributed by atoms with Crippen molar-refractivity contribution in [3.05, 3.63) is 64.3 Å². The molecule has 0 spiro atoms. The molecule has 0 fully saturated rings. The van der Waals surface area contributed by atoms with E-state index in [0.29, 0.717) is 27.4 Å². The average Bonchev–Trinajstić information content (AvgIpc) is 2.66. The Balaban J connectivity index is 1.96. The number of pyridine rings is 1. The molecule has 29 heavy (non-hydrogen) atoms. The molecular weight excluding hydrogens is 388 g/mol. The molecule has 1 aromatic heterocycles. The van der Waals surface area contributed by atoms with Gasteiger partial charge in [-0.25, -0.2) is 0 Å². The van der Waals surface area contributed by atoms with Crippen molar-refractivity contribution in [2.45, 2.75) is 39.2 Å². The summed E-state index contributed by atoms with van der Waals surface area (Å²) in [4.78, 5) is 17.8. The number of rotatable bonds is 4. The molecule has 5 nitrogen and oxygen atoms in total. The van der Waals surface area contributed by atoms with E-state index in [0.717, 1.165) is 11.1 Å². The van der Waals surface area contributed by atoms with Crippen molar-refractivity contribution in [3.63, 3.8) is 0 Å². The van der Waals surface area contributed by atoms with Gasteiger partial charge in [-0.3, -0.25) is 9.78 Å². The van der Waals surface area contributed by atoms with Gasteiger partial charge in [0.25, 0.3) is 5.91 Å². The number of hydrogen-bond acceptors (Lipinski definition) is 4. The Labute approximate surface area is 175 Å². The van der Waals surface area contributed by atoms with Gasteiger partial charge in [-0.05, 0) is 30.7 Å². The maximum atomic E-state index is 13.1. The number of carbonyl (C=O) groups excluding carboxylic acids is 1. The van der Waals surface area contributed by atoms with E-state index < -0.39 is 6.04 Å². The largest absolute Gasteiger partial charge is 0.504 e. The van der Waals surface area contributed by atoms with Crippen LogP contribution in [-0.2, 0) is 5.41 Å². The molecule has 0 bridgehead atoms. The van der Waals surface area contributed by atoms with Crippen LogP contribution in [0.25, 0.3) is 10.9 Å². The third kappa shape index (κ3) is 4.30. The molecule has 6 heteroatoms. The maximum absolute atomic E-state index is 13.1. The van der Waals surface area contributed by atoms with Crippen LogP contribution in [0.5, 0.6) is 11.5 Å². The molecule has 0 saturated heterocycles. The molecule has 0 aliphatic rings. The highest BCUT2D eigenvalue weighted by Gasteiger charge is 2.20. The number of amides is 1. The zero-order valence-corrected chi connectivity index (χ0v) is 18.0. The van der Waals surface area contributed by atoms with Gasteiger partial charge in [0.15, 0.2) is 11.5 Å². The highest BCUT2D eigenvalue weighted by Crippen LogP contribution is 2.35. The van der Waals surface area contributed by atoms with Crippen molar-refractivity contribution in [2.75, 3.05) is 7.11 Å². The van der Waals surface area contributed by atoms with Gasteiger partial charge in [0.1, 0.15) is 0 Å². The summed E-state index contributed by atoms with van der Waals surface area (Å²) in [6, 6.07) is 12.2. The van der Waals surface area contributed by atoms with E-state index in [2.05, 4.69) is 26.1 Å². The van der Waals surface area contributed by atoms with E-state index in [1.54, 1.807) is 12.1 Å². The number of aromatic hydroxyl groups is 1. The molecule has 3 aromatic rings. The van der Waals surface area contributed by atoms with Crippen molar-refractivity contribution in [2.24, 2.45) is 0 Å². The second-order valence-corrected chi connectivity index (χ2v) is 8.47. The van der Waals surface area contributed by atoms with Gasteiger partial charge in [-0.1, -0.05) is 50.6 Å². The first kappa shape index (κ1) is 20.9. The summed E-state index contributed by atoms with van der Waals surface area (Å²) in [5, 5.41) is 14.1. The summed E-state index contributed by atoms with van der Waals surface area (Å²) < 4.78 is 5.15. The quantitative estimate of drug-likeness (QED) is 0.602. The van der Waals surface area contributed by atoms with E-state index in [1.807, 2.05) is 31.2 Å². The van der Waals surface area contributed by atoms with Crippen LogP contribution in [-0.4, -0.2) is 23.1 Å². The number of halogens is 1. The van der Waals surface area contributed by atoms with Crippen LogP contribution in [0.1, 0.15) is 55.4 Å². The summed E-state index contributed by atoms with van der Waals surface area (Å²) in [7, 11) is 1.46. The van der Waals surface area contributed by atoms with Crippen molar-refractivity contribution >= 4 is 28.4 Å². The van der Waals surface area contributed by atoms with Gasteiger partial charge in [0, 0.05) is 27.6 Å². The normalized spacial score (nSPS) is 12.6. The number of fused-ring (bicyclic) bond motifs is 1. The molecule has 2 N–H and O–H groups in total. The van der Waals surface area contributed by atoms with Crippen molar-refractivity contribution in [1.29, 1.82) is 0 Å². The minimum absolute atomic E-state index is 0.0484. The Morgan fingerprint density at radius 2 is 1.93 bits per heavy atom. The number of benzene rings is 2. The predicted molar refractivity (Wildman–Crippen MR) is 116 cm³/mol. The van der Waals surface area contributed by atoms with E-state index in [9.17, 15) is 9.90 Å². The van der Waals surface area contributed by atoms with Crippen LogP contribution >= 0.6 is 11.6 Å². The first-order chi connectivity index (χ1) is 13.6. The highest BCUT2D eigenvalue weighted by molar-refractivity contribution is 6.31. The molecule has 0 aliphatic heterocycles. The molecule has 1 heterocycles. The topological polar surface area (TPSA) is 71.5 Å². The summed E-state index contributed by atoms with van der Waals surface area (Å²) >= 11 is 6.27. The van der Waals surface area contributed by atoms with Gasteiger partial charge in [0.05, 0.1) is 24.2 Å². The number of nitrogens with zero attached hydrogens (tertiary/aromatic N) is 1. The van der Waals surface area contributed by atoms with Gasteiger partial charge >= 0.3 is 0 Å². The monoisotopic (exact) mass is 412 g/mol. The fourth-order valence-corrected chi connectivity index (χ4v) is 3.48. The minimum Gasteiger partial charge on any atom is -0.504 e. The molecule has 3 rings (SSSR count). The van der Waals surface area contributed by atoms with Crippen molar-refractivity contribution < 1.29 is 14.6 Å². The number of aromatic nitrogens is 1. The number of hydrogen-bond donors (Lipinski definition) is 2. The maximum Gasteiger partial charge on any atom is 0.253 e. The van der Waals surface area contributed by atoms with Gasteiger partial charge in [0.2, 0.25) is 0 Å². The Bertz CT molecular complexity index is 1070. The number of ether oxygens (including phenoxy) is 1. The Hall–Kier alpha value is -2.79. The summed E-state index contributed by atoms with van der Waals surface area (Å²) in [6.07, 6.45) is 0. The summed E-state index contributed by atoms with van der Waals surface area (Å²) in [5.41, 5.74) is 2.62. The van der Waals surface area contributed by atoms with E-state index in [4.69, 9.17) is 21.3 Å². The lowest BCUT2D eigenvalue weighted by atomic mass is 9.91. The summed E-state index contributed by atoms with van der Waals surface area (Å²) in [5.74, 6) is 0.00431. The van der Waals surface area contributed by atoms with Crippen molar-refractivity contribution in [1.82, 2.24) is 10.3 Å². The number of carbonyl (C=O) groups is 1. The molecule has 1 atom stereocenters. The SMILES string of the molecule is COc1cc(C(C)NC(=O)c2cccc3ccc(C(C)(C)C)nc23)c(Cl)cc1O. The lowest BCUT2D eigenvalue weighted by Gasteiger charge is -2.20. The van der Waals surface area contributed by atoms with E-state index >= 15 is 0 Å². The van der Waals surface area contributed by atoms with Crippen LogP contribution in [0.3, 0.4) is 0 Å². The summed E-state index contributed by atoms with van der Waals surface area (Å²) in [6.45, 7) is 8.10. The first-order valence-electron chi connectivity index (χ1n) is 9.39. The lowest BCUT2D eigenvalue weighted by Crippen LogP contribution is -2.27. The smallest absolute Gasteiger partial charge is 0.253 e. The molecule has 2 aromatic carbocycles. The highest BCUT2D eigenvalue weighted by atomic mass is 35.5. The molecule has 0 radical (unpaired) electrons. The van der Waals surface area contributed by atoms with E-state index in [1.165, 1.54) is 13.2 Å². The Kier molecular flexibility index (Phi) is 5.71. The fraction of sp³-hybridized carbons (Fsp3) is 0.304. The zero-order valence-electron chi connectivity index (χ0n) is 17.2. The molecule has 1 unspecified atom stereocenters. The van der Waals surface area contributed by atoms with Crippen LogP contribution in [0.2, 0.25) is 5.02 Å². The third-order valence-corrected chi connectivity index (χ3v) is 5.17. The van der Waals surface area contributed by atoms with Crippen molar-refractivity contribution in [3.8, 4) is 11.5 Å².